The lowest BCUT2D eigenvalue weighted by atomic mass is 10.3. The van der Waals surface area contributed by atoms with Gasteiger partial charge in [0, 0.05) is 19.0 Å². The third kappa shape index (κ3) is 4.90. The van der Waals surface area contributed by atoms with Crippen molar-refractivity contribution in [2.45, 2.75) is 26.7 Å². The SMILES string of the molecule is CCOC(=O)CCCNc1ccc([N+](=O)[O-])c(C)n1. The molecule has 1 aromatic rings. The number of pyridine rings is 1. The van der Waals surface area contributed by atoms with Crippen molar-refractivity contribution in [3.8, 4) is 0 Å². The fraction of sp³-hybridized carbons (Fsp3) is 0.500. The van der Waals surface area contributed by atoms with Crippen molar-refractivity contribution in [1.29, 1.82) is 0 Å². The molecule has 0 fully saturated rings. The summed E-state index contributed by atoms with van der Waals surface area (Å²) in [5, 5.41) is 13.6. The Kier molecular flexibility index (Phi) is 5.72. The first kappa shape index (κ1) is 14.9. The monoisotopic (exact) mass is 267 g/mol. The van der Waals surface area contributed by atoms with E-state index in [4.69, 9.17) is 4.74 Å². The molecule has 0 spiro atoms. The Hall–Kier alpha value is -2.18. The predicted molar refractivity (Wildman–Crippen MR) is 70.0 cm³/mol. The molecule has 0 radical (unpaired) electrons. The maximum atomic E-state index is 11.1. The van der Waals surface area contributed by atoms with Crippen LogP contribution in [0, 0.1) is 17.0 Å². The standard InChI is InChI=1S/C12H17N3O4/c1-3-19-12(16)5-4-8-13-11-7-6-10(15(17)18)9(2)14-11/h6-7H,3-5,8H2,1-2H3,(H,13,14). The maximum Gasteiger partial charge on any atom is 0.305 e. The van der Waals surface area contributed by atoms with Crippen molar-refractivity contribution >= 4 is 17.5 Å². The largest absolute Gasteiger partial charge is 0.466 e. The van der Waals surface area contributed by atoms with Gasteiger partial charge in [-0.3, -0.25) is 14.9 Å². The summed E-state index contributed by atoms with van der Waals surface area (Å²) in [4.78, 5) is 25.3. The van der Waals surface area contributed by atoms with E-state index in [1.807, 2.05) is 0 Å². The van der Waals surface area contributed by atoms with E-state index in [0.717, 1.165) is 0 Å². The summed E-state index contributed by atoms with van der Waals surface area (Å²) in [6.45, 7) is 4.29. The number of ether oxygens (including phenoxy) is 1. The fourth-order valence-electron chi connectivity index (χ4n) is 1.53. The second-order valence-corrected chi connectivity index (χ2v) is 3.89. The summed E-state index contributed by atoms with van der Waals surface area (Å²) in [5.41, 5.74) is 0.359. The van der Waals surface area contributed by atoms with Crippen LogP contribution in [0.15, 0.2) is 12.1 Å². The van der Waals surface area contributed by atoms with Crippen LogP contribution >= 0.6 is 0 Å². The normalized spacial score (nSPS) is 10.0. The third-order valence-electron chi connectivity index (χ3n) is 2.42. The highest BCUT2D eigenvalue weighted by molar-refractivity contribution is 5.69. The van der Waals surface area contributed by atoms with Crippen molar-refractivity contribution in [2.24, 2.45) is 0 Å². The van der Waals surface area contributed by atoms with Crippen LogP contribution in [0.4, 0.5) is 11.5 Å². The summed E-state index contributed by atoms with van der Waals surface area (Å²) in [6.07, 6.45) is 0.962. The zero-order chi connectivity index (χ0) is 14.3. The van der Waals surface area contributed by atoms with Gasteiger partial charge in [0.1, 0.15) is 11.5 Å². The molecule has 1 heterocycles. The van der Waals surface area contributed by atoms with Gasteiger partial charge in [0.05, 0.1) is 11.5 Å². The number of carbonyl (C=O) groups is 1. The van der Waals surface area contributed by atoms with Crippen LogP contribution in [-0.4, -0.2) is 29.0 Å². The lowest BCUT2D eigenvalue weighted by Crippen LogP contribution is -2.09. The smallest absolute Gasteiger partial charge is 0.305 e. The molecule has 0 saturated carbocycles. The molecule has 0 aliphatic heterocycles. The Morgan fingerprint density at radius 1 is 1.53 bits per heavy atom. The topological polar surface area (TPSA) is 94.4 Å². The molecule has 0 aromatic carbocycles. The maximum absolute atomic E-state index is 11.1. The minimum atomic E-state index is -0.465. The number of esters is 1. The molecule has 0 atom stereocenters. The van der Waals surface area contributed by atoms with Gasteiger partial charge in [0.25, 0.3) is 5.69 Å². The summed E-state index contributed by atoms with van der Waals surface area (Å²) in [5.74, 6) is 0.337. The highest BCUT2D eigenvalue weighted by Crippen LogP contribution is 2.17. The molecule has 0 bridgehead atoms. The number of aryl methyl sites for hydroxylation is 1. The van der Waals surface area contributed by atoms with E-state index < -0.39 is 4.92 Å². The molecule has 0 aliphatic rings. The summed E-state index contributed by atoms with van der Waals surface area (Å²) in [7, 11) is 0. The van der Waals surface area contributed by atoms with Gasteiger partial charge in [-0.25, -0.2) is 4.98 Å². The zero-order valence-corrected chi connectivity index (χ0v) is 11.0. The van der Waals surface area contributed by atoms with Gasteiger partial charge in [-0.05, 0) is 26.3 Å². The third-order valence-corrected chi connectivity index (χ3v) is 2.42. The summed E-state index contributed by atoms with van der Waals surface area (Å²) in [6, 6.07) is 2.96. The minimum absolute atomic E-state index is 0.00271. The van der Waals surface area contributed by atoms with Crippen LogP contribution in [-0.2, 0) is 9.53 Å². The van der Waals surface area contributed by atoms with Gasteiger partial charge >= 0.3 is 5.97 Å². The molecule has 7 nitrogen and oxygen atoms in total. The zero-order valence-electron chi connectivity index (χ0n) is 11.0. The molecule has 104 valence electrons. The summed E-state index contributed by atoms with van der Waals surface area (Å²) < 4.78 is 4.80. The molecule has 0 aliphatic carbocycles. The number of nitrogens with one attached hydrogen (secondary N) is 1. The molecule has 0 saturated heterocycles. The highest BCUT2D eigenvalue weighted by atomic mass is 16.6. The van der Waals surface area contributed by atoms with Gasteiger partial charge in [-0.2, -0.15) is 0 Å². The molecule has 19 heavy (non-hydrogen) atoms. The lowest BCUT2D eigenvalue weighted by Gasteiger charge is -2.06. The molecule has 1 aromatic heterocycles. The van der Waals surface area contributed by atoms with Crippen LogP contribution in [0.1, 0.15) is 25.5 Å². The number of hydrogen-bond acceptors (Lipinski definition) is 6. The quantitative estimate of drug-likeness (QED) is 0.351. The first-order chi connectivity index (χ1) is 9.04. The minimum Gasteiger partial charge on any atom is -0.466 e. The molecule has 0 unspecified atom stereocenters. The van der Waals surface area contributed by atoms with Gasteiger partial charge < -0.3 is 10.1 Å². The Morgan fingerprint density at radius 2 is 2.26 bits per heavy atom. The van der Waals surface area contributed by atoms with Crippen molar-refractivity contribution < 1.29 is 14.5 Å². The van der Waals surface area contributed by atoms with E-state index >= 15 is 0 Å². The Balaban J connectivity index is 2.40. The molecular weight excluding hydrogens is 250 g/mol. The molecular formula is C12H17N3O4. The molecule has 7 heteroatoms. The average Bonchev–Trinajstić information content (AvgIpc) is 2.34. The summed E-state index contributed by atoms with van der Waals surface area (Å²) >= 11 is 0. The van der Waals surface area contributed by atoms with Crippen molar-refractivity contribution in [3.63, 3.8) is 0 Å². The second-order valence-electron chi connectivity index (χ2n) is 3.89. The van der Waals surface area contributed by atoms with E-state index in [2.05, 4.69) is 10.3 Å². The molecule has 1 rings (SSSR count). The van der Waals surface area contributed by atoms with Crippen LogP contribution in [0.3, 0.4) is 0 Å². The van der Waals surface area contributed by atoms with E-state index in [0.29, 0.717) is 37.5 Å². The number of nitro groups is 1. The van der Waals surface area contributed by atoms with Gasteiger partial charge in [-0.1, -0.05) is 0 Å². The number of aromatic nitrogens is 1. The second kappa shape index (κ2) is 7.30. The number of carbonyl (C=O) groups excluding carboxylic acids is 1. The van der Waals surface area contributed by atoms with Crippen LogP contribution in [0.25, 0.3) is 0 Å². The molecule has 1 N–H and O–H groups in total. The molecule has 0 amide bonds. The van der Waals surface area contributed by atoms with Gasteiger partial charge in [0.15, 0.2) is 0 Å². The van der Waals surface area contributed by atoms with Crippen LogP contribution in [0.2, 0.25) is 0 Å². The van der Waals surface area contributed by atoms with Gasteiger partial charge in [0.2, 0.25) is 0 Å². The number of rotatable bonds is 7. The van der Waals surface area contributed by atoms with Crippen LogP contribution in [0.5, 0.6) is 0 Å². The van der Waals surface area contributed by atoms with Crippen molar-refractivity contribution in [1.82, 2.24) is 4.98 Å². The van der Waals surface area contributed by atoms with Crippen molar-refractivity contribution in [3.05, 3.63) is 27.9 Å². The van der Waals surface area contributed by atoms with E-state index in [-0.39, 0.29) is 11.7 Å². The van der Waals surface area contributed by atoms with Crippen molar-refractivity contribution in [2.75, 3.05) is 18.5 Å². The first-order valence-corrected chi connectivity index (χ1v) is 6.06. The first-order valence-electron chi connectivity index (χ1n) is 6.06. The highest BCUT2D eigenvalue weighted by Gasteiger charge is 2.11. The van der Waals surface area contributed by atoms with Gasteiger partial charge in [-0.15, -0.1) is 0 Å². The van der Waals surface area contributed by atoms with E-state index in [9.17, 15) is 14.9 Å². The lowest BCUT2D eigenvalue weighted by molar-refractivity contribution is -0.385. The Bertz CT molecular complexity index is 462. The number of hydrogen-bond donors (Lipinski definition) is 1. The average molecular weight is 267 g/mol. The van der Waals surface area contributed by atoms with Crippen LogP contribution < -0.4 is 5.32 Å². The Labute approximate surface area is 111 Å². The number of nitrogens with zero attached hydrogens (tertiary/aromatic N) is 2. The predicted octanol–water partition coefficient (Wildman–Crippen LogP) is 2.05. The fourth-order valence-corrected chi connectivity index (χ4v) is 1.53. The van der Waals surface area contributed by atoms with E-state index in [1.165, 1.54) is 6.07 Å². The van der Waals surface area contributed by atoms with E-state index in [1.54, 1.807) is 19.9 Å². The Morgan fingerprint density at radius 3 is 2.84 bits per heavy atom. The number of anilines is 1.